The normalized spacial score (nSPS) is 39.9. The van der Waals surface area contributed by atoms with Gasteiger partial charge in [0.25, 0.3) is 0 Å². The molecule has 24 heavy (non-hydrogen) atoms. The summed E-state index contributed by atoms with van der Waals surface area (Å²) in [7, 11) is 0. The van der Waals surface area contributed by atoms with Crippen molar-refractivity contribution in [2.45, 2.75) is 84.1 Å². The van der Waals surface area contributed by atoms with Gasteiger partial charge in [-0.3, -0.25) is 0 Å². The molecule has 0 spiro atoms. The lowest BCUT2D eigenvalue weighted by Gasteiger charge is -2.59. The third kappa shape index (κ3) is 3.11. The van der Waals surface area contributed by atoms with Crippen LogP contribution in [0.15, 0.2) is 11.8 Å². The summed E-state index contributed by atoms with van der Waals surface area (Å²) >= 11 is 0. The van der Waals surface area contributed by atoms with Gasteiger partial charge in [0.1, 0.15) is 0 Å². The van der Waals surface area contributed by atoms with Crippen molar-refractivity contribution in [3.63, 3.8) is 0 Å². The molecule has 1 unspecified atom stereocenters. The van der Waals surface area contributed by atoms with E-state index in [0.29, 0.717) is 17.4 Å². The van der Waals surface area contributed by atoms with Crippen LogP contribution in [-0.4, -0.2) is 12.1 Å². The summed E-state index contributed by atoms with van der Waals surface area (Å²) < 4.78 is 0. The monoisotopic (exact) mass is 330 g/mol. The number of allylic oxidation sites excluding steroid dienone is 1. The maximum atomic E-state index is 12.4. The fourth-order valence-electron chi connectivity index (χ4n) is 6.78. The Labute approximate surface area is 147 Å². The number of carbonyl (C=O) groups excluding carboxylic acids is 1. The zero-order valence-corrected chi connectivity index (χ0v) is 15.4. The maximum Gasteiger partial charge on any atom is 0.318 e. The minimum atomic E-state index is -0.00408. The first-order chi connectivity index (χ1) is 11.5. The van der Waals surface area contributed by atoms with Crippen molar-refractivity contribution in [3.8, 4) is 0 Å². The van der Waals surface area contributed by atoms with Crippen LogP contribution in [0.25, 0.3) is 0 Å². The third-order valence-electron chi connectivity index (χ3n) is 7.78. The standard InChI is InChI=1S/C21H34N2O/c1-14(19-5-3-4-6-19)13-22-20(24)23-15(2)21-10-16-7-17(11-21)9-18(8-16)12-21/h13,15-19H,3-12H2,1-2H3,(H2,22,23,24)/b14-13+. The molecule has 0 heterocycles. The summed E-state index contributed by atoms with van der Waals surface area (Å²) in [5.74, 6) is 3.50. The highest BCUT2D eigenvalue weighted by molar-refractivity contribution is 5.75. The molecule has 0 saturated heterocycles. The van der Waals surface area contributed by atoms with Crippen molar-refractivity contribution >= 4 is 6.03 Å². The quantitative estimate of drug-likeness (QED) is 0.749. The lowest BCUT2D eigenvalue weighted by Crippen LogP contribution is -2.56. The van der Waals surface area contributed by atoms with E-state index in [1.807, 2.05) is 6.20 Å². The van der Waals surface area contributed by atoms with Gasteiger partial charge >= 0.3 is 6.03 Å². The first-order valence-electron chi connectivity index (χ1n) is 10.3. The second-order valence-corrected chi connectivity index (χ2v) is 9.49. The molecule has 1 atom stereocenters. The van der Waals surface area contributed by atoms with Crippen LogP contribution in [0, 0.1) is 29.1 Å². The second-order valence-electron chi connectivity index (χ2n) is 9.49. The highest BCUT2D eigenvalue weighted by Crippen LogP contribution is 2.61. The van der Waals surface area contributed by atoms with Crippen LogP contribution in [0.5, 0.6) is 0 Å². The average molecular weight is 331 g/mol. The van der Waals surface area contributed by atoms with Crippen LogP contribution in [0.2, 0.25) is 0 Å². The molecular formula is C21H34N2O. The molecule has 5 rings (SSSR count). The fraction of sp³-hybridized carbons (Fsp3) is 0.857. The zero-order chi connectivity index (χ0) is 16.7. The SMILES string of the molecule is C/C(=C\NC(=O)NC(C)C12CC3CC(CC(C3)C1)C2)C1CCCC1. The smallest absolute Gasteiger partial charge is 0.318 e. The molecule has 4 bridgehead atoms. The van der Waals surface area contributed by atoms with Gasteiger partial charge in [-0.15, -0.1) is 0 Å². The Morgan fingerprint density at radius 1 is 1.04 bits per heavy atom. The summed E-state index contributed by atoms with van der Waals surface area (Å²) in [5, 5.41) is 6.30. The summed E-state index contributed by atoms with van der Waals surface area (Å²) in [5.41, 5.74) is 1.72. The van der Waals surface area contributed by atoms with E-state index < -0.39 is 0 Å². The van der Waals surface area contributed by atoms with Crippen LogP contribution in [0.4, 0.5) is 4.79 Å². The molecule has 0 aromatic heterocycles. The highest BCUT2D eigenvalue weighted by Gasteiger charge is 2.53. The third-order valence-corrected chi connectivity index (χ3v) is 7.78. The Morgan fingerprint density at radius 3 is 2.12 bits per heavy atom. The largest absolute Gasteiger partial charge is 0.335 e. The Balaban J connectivity index is 1.33. The molecule has 5 aliphatic rings. The van der Waals surface area contributed by atoms with Gasteiger partial charge in [0.15, 0.2) is 0 Å². The van der Waals surface area contributed by atoms with Crippen LogP contribution < -0.4 is 10.6 Å². The summed E-state index contributed by atoms with van der Waals surface area (Å²) in [4.78, 5) is 12.4. The van der Waals surface area contributed by atoms with Crippen LogP contribution in [0.1, 0.15) is 78.1 Å². The van der Waals surface area contributed by atoms with Gasteiger partial charge in [-0.1, -0.05) is 18.4 Å². The van der Waals surface area contributed by atoms with Crippen LogP contribution >= 0.6 is 0 Å². The van der Waals surface area contributed by atoms with Crippen molar-refractivity contribution < 1.29 is 4.79 Å². The van der Waals surface area contributed by atoms with E-state index in [9.17, 15) is 4.79 Å². The Morgan fingerprint density at radius 2 is 1.58 bits per heavy atom. The van der Waals surface area contributed by atoms with Gasteiger partial charge in [0.2, 0.25) is 0 Å². The number of hydrogen-bond donors (Lipinski definition) is 2. The molecule has 2 N–H and O–H groups in total. The minimum absolute atomic E-state index is 0.00408. The zero-order valence-electron chi connectivity index (χ0n) is 15.4. The topological polar surface area (TPSA) is 41.1 Å². The minimum Gasteiger partial charge on any atom is -0.335 e. The number of nitrogens with one attached hydrogen (secondary N) is 2. The van der Waals surface area contributed by atoms with Crippen LogP contribution in [-0.2, 0) is 0 Å². The summed E-state index contributed by atoms with van der Waals surface area (Å²) in [6.07, 6.45) is 15.6. The van der Waals surface area contributed by atoms with Gasteiger partial charge < -0.3 is 10.6 Å². The molecule has 0 radical (unpaired) electrons. The summed E-state index contributed by atoms with van der Waals surface area (Å²) in [6, 6.07) is 0.293. The molecule has 5 fully saturated rings. The molecule has 134 valence electrons. The second kappa shape index (κ2) is 6.38. The molecule has 3 nitrogen and oxygen atoms in total. The van der Waals surface area contributed by atoms with Crippen molar-refractivity contribution in [2.75, 3.05) is 0 Å². The first kappa shape index (κ1) is 16.5. The van der Waals surface area contributed by atoms with E-state index in [1.165, 1.54) is 69.8 Å². The molecular weight excluding hydrogens is 296 g/mol. The van der Waals surface area contributed by atoms with E-state index in [-0.39, 0.29) is 6.03 Å². The Kier molecular flexibility index (Phi) is 4.38. The lowest BCUT2D eigenvalue weighted by atomic mass is 9.48. The molecule has 5 aliphatic carbocycles. The Hall–Kier alpha value is -0.990. The van der Waals surface area contributed by atoms with E-state index >= 15 is 0 Å². The average Bonchev–Trinajstić information content (AvgIpc) is 3.05. The van der Waals surface area contributed by atoms with Crippen molar-refractivity contribution in [1.29, 1.82) is 0 Å². The van der Waals surface area contributed by atoms with Crippen LogP contribution in [0.3, 0.4) is 0 Å². The highest BCUT2D eigenvalue weighted by atomic mass is 16.2. The van der Waals surface area contributed by atoms with Crippen molar-refractivity contribution in [1.82, 2.24) is 10.6 Å². The van der Waals surface area contributed by atoms with E-state index in [2.05, 4.69) is 24.5 Å². The van der Waals surface area contributed by atoms with E-state index in [1.54, 1.807) is 0 Å². The molecule has 5 saturated carbocycles. The lowest BCUT2D eigenvalue weighted by molar-refractivity contribution is -0.0681. The fourth-order valence-corrected chi connectivity index (χ4v) is 6.78. The predicted molar refractivity (Wildman–Crippen MR) is 97.4 cm³/mol. The molecule has 0 aromatic carbocycles. The van der Waals surface area contributed by atoms with Gasteiger partial charge in [0, 0.05) is 12.2 Å². The summed E-state index contributed by atoms with van der Waals surface area (Å²) in [6.45, 7) is 4.42. The molecule has 2 amide bonds. The number of carbonyl (C=O) groups is 1. The number of urea groups is 1. The van der Waals surface area contributed by atoms with Gasteiger partial charge in [-0.25, -0.2) is 4.79 Å². The number of amides is 2. The van der Waals surface area contributed by atoms with Gasteiger partial charge in [0.05, 0.1) is 0 Å². The van der Waals surface area contributed by atoms with E-state index in [4.69, 9.17) is 0 Å². The van der Waals surface area contributed by atoms with Crippen molar-refractivity contribution in [2.24, 2.45) is 29.1 Å². The maximum absolute atomic E-state index is 12.4. The first-order valence-corrected chi connectivity index (χ1v) is 10.3. The molecule has 0 aromatic rings. The number of hydrogen-bond acceptors (Lipinski definition) is 1. The van der Waals surface area contributed by atoms with Crippen molar-refractivity contribution in [3.05, 3.63) is 11.8 Å². The number of rotatable bonds is 4. The molecule has 0 aliphatic heterocycles. The molecule has 3 heteroatoms. The predicted octanol–water partition coefficient (Wildman–Crippen LogP) is 4.98. The Bertz CT molecular complexity index is 483. The van der Waals surface area contributed by atoms with Gasteiger partial charge in [-0.2, -0.15) is 0 Å². The van der Waals surface area contributed by atoms with Gasteiger partial charge in [-0.05, 0) is 94.3 Å². The van der Waals surface area contributed by atoms with E-state index in [0.717, 1.165) is 17.8 Å².